The molecule has 10 heteroatoms. The molecule has 1 aliphatic heterocycles. The second-order valence-electron chi connectivity index (χ2n) is 5.44. The Bertz CT molecular complexity index is 722. The molecule has 9 nitrogen and oxygen atoms in total. The van der Waals surface area contributed by atoms with Gasteiger partial charge in [0.15, 0.2) is 0 Å². The van der Waals surface area contributed by atoms with Crippen LogP contribution in [0.2, 0.25) is 0 Å². The topological polar surface area (TPSA) is 105 Å². The highest BCUT2D eigenvalue weighted by Crippen LogP contribution is 2.05. The number of hydrogen-bond acceptors (Lipinski definition) is 6. The molecule has 0 aromatic carbocycles. The van der Waals surface area contributed by atoms with Crippen molar-refractivity contribution in [1.29, 1.82) is 0 Å². The highest BCUT2D eigenvalue weighted by molar-refractivity contribution is 7.88. The number of hydrogen-bond donors (Lipinski definition) is 1. The first kappa shape index (κ1) is 17.6. The fourth-order valence-electron chi connectivity index (χ4n) is 2.33. The maximum absolute atomic E-state index is 11.9. The summed E-state index contributed by atoms with van der Waals surface area (Å²) in [5.41, 5.74) is -0.0840. The van der Waals surface area contributed by atoms with Gasteiger partial charge in [-0.2, -0.15) is 9.40 Å². The molecule has 0 bridgehead atoms. The van der Waals surface area contributed by atoms with Crippen LogP contribution >= 0.6 is 0 Å². The second-order valence-corrected chi connectivity index (χ2v) is 7.42. The molecular formula is C13H21N5O4S. The summed E-state index contributed by atoms with van der Waals surface area (Å²) in [7, 11) is -1.64. The maximum Gasteiger partial charge on any atom is 0.271 e. The van der Waals surface area contributed by atoms with E-state index in [2.05, 4.69) is 15.3 Å². The minimum atomic E-state index is -3.13. The van der Waals surface area contributed by atoms with Gasteiger partial charge in [0.2, 0.25) is 10.0 Å². The lowest BCUT2D eigenvalue weighted by atomic mass is 10.3. The van der Waals surface area contributed by atoms with Gasteiger partial charge >= 0.3 is 0 Å². The second kappa shape index (κ2) is 7.20. The predicted molar refractivity (Wildman–Crippen MR) is 84.7 cm³/mol. The number of piperazine rings is 1. The first-order chi connectivity index (χ1) is 10.8. The molecule has 2 rings (SSSR count). The zero-order chi connectivity index (χ0) is 17.0. The van der Waals surface area contributed by atoms with E-state index in [1.165, 1.54) is 29.7 Å². The molecule has 1 aromatic heterocycles. The lowest BCUT2D eigenvalue weighted by molar-refractivity contribution is 0.0937. The number of amides is 1. The summed E-state index contributed by atoms with van der Waals surface area (Å²) in [6, 6.07) is 2.69. The molecule has 0 atom stereocenters. The molecule has 128 valence electrons. The highest BCUT2D eigenvalue weighted by Gasteiger charge is 2.23. The van der Waals surface area contributed by atoms with Gasteiger partial charge in [-0.3, -0.25) is 14.5 Å². The van der Waals surface area contributed by atoms with Gasteiger partial charge in [0.25, 0.3) is 11.5 Å². The van der Waals surface area contributed by atoms with Crippen molar-refractivity contribution in [3.05, 3.63) is 28.2 Å². The summed E-state index contributed by atoms with van der Waals surface area (Å²) in [4.78, 5) is 25.3. The molecule has 2 heterocycles. The largest absolute Gasteiger partial charge is 0.349 e. The zero-order valence-electron chi connectivity index (χ0n) is 13.2. The number of aryl methyl sites for hydroxylation is 1. The van der Waals surface area contributed by atoms with E-state index in [4.69, 9.17) is 0 Å². The Morgan fingerprint density at radius 2 is 1.91 bits per heavy atom. The van der Waals surface area contributed by atoms with Crippen LogP contribution < -0.4 is 10.9 Å². The lowest BCUT2D eigenvalue weighted by Crippen LogP contribution is -2.49. The van der Waals surface area contributed by atoms with E-state index < -0.39 is 10.0 Å². The molecule has 1 aliphatic rings. The normalized spacial score (nSPS) is 17.1. The number of nitrogens with zero attached hydrogens (tertiary/aromatic N) is 4. The molecule has 1 fully saturated rings. The van der Waals surface area contributed by atoms with E-state index in [0.29, 0.717) is 39.3 Å². The van der Waals surface area contributed by atoms with Gasteiger partial charge in [0.1, 0.15) is 5.69 Å². The van der Waals surface area contributed by atoms with E-state index in [1.54, 1.807) is 0 Å². The predicted octanol–water partition coefficient (Wildman–Crippen LogP) is -1.91. The van der Waals surface area contributed by atoms with E-state index in [9.17, 15) is 18.0 Å². The maximum atomic E-state index is 11.9. The van der Waals surface area contributed by atoms with E-state index >= 15 is 0 Å². The molecule has 1 N–H and O–H groups in total. The number of nitrogens with one attached hydrogen (secondary N) is 1. The molecule has 0 radical (unpaired) electrons. The molecule has 0 unspecified atom stereocenters. The summed E-state index contributed by atoms with van der Waals surface area (Å²) in [6.07, 6.45) is 1.21. The Morgan fingerprint density at radius 1 is 1.26 bits per heavy atom. The summed E-state index contributed by atoms with van der Waals surface area (Å²) >= 11 is 0. The molecule has 1 amide bonds. The number of rotatable bonds is 5. The van der Waals surface area contributed by atoms with Crippen LogP contribution in [0.25, 0.3) is 0 Å². The van der Waals surface area contributed by atoms with E-state index in [0.717, 1.165) is 4.68 Å². The van der Waals surface area contributed by atoms with Crippen molar-refractivity contribution in [2.75, 3.05) is 45.5 Å². The van der Waals surface area contributed by atoms with Crippen LogP contribution in [0, 0.1) is 0 Å². The monoisotopic (exact) mass is 343 g/mol. The van der Waals surface area contributed by atoms with Crippen LogP contribution in [0.15, 0.2) is 16.9 Å². The number of sulfonamides is 1. The van der Waals surface area contributed by atoms with Gasteiger partial charge in [-0.25, -0.2) is 13.1 Å². The van der Waals surface area contributed by atoms with E-state index in [-0.39, 0.29) is 17.2 Å². The average molecular weight is 343 g/mol. The molecule has 0 saturated carbocycles. The molecule has 1 aromatic rings. The highest BCUT2D eigenvalue weighted by atomic mass is 32.2. The van der Waals surface area contributed by atoms with Gasteiger partial charge in [-0.15, -0.1) is 0 Å². The number of carbonyl (C=O) groups is 1. The van der Waals surface area contributed by atoms with Crippen LogP contribution in [-0.2, 0) is 17.1 Å². The van der Waals surface area contributed by atoms with Crippen molar-refractivity contribution in [2.24, 2.45) is 7.05 Å². The Kier molecular flexibility index (Phi) is 5.50. The summed E-state index contributed by atoms with van der Waals surface area (Å²) in [5, 5.41) is 6.62. The van der Waals surface area contributed by atoms with Crippen molar-refractivity contribution in [3.63, 3.8) is 0 Å². The Labute approximate surface area is 134 Å². The van der Waals surface area contributed by atoms with Crippen molar-refractivity contribution in [3.8, 4) is 0 Å². The van der Waals surface area contributed by atoms with Gasteiger partial charge < -0.3 is 5.32 Å². The van der Waals surface area contributed by atoms with Crippen LogP contribution in [0.5, 0.6) is 0 Å². The Morgan fingerprint density at radius 3 is 2.48 bits per heavy atom. The summed E-state index contributed by atoms with van der Waals surface area (Å²) < 4.78 is 25.4. The Hall–Kier alpha value is -1.78. The summed E-state index contributed by atoms with van der Waals surface area (Å²) in [6.45, 7) is 3.28. The number of carbonyl (C=O) groups excluding carboxylic acids is 1. The van der Waals surface area contributed by atoms with Crippen molar-refractivity contribution in [2.45, 2.75) is 0 Å². The van der Waals surface area contributed by atoms with Crippen LogP contribution in [0.4, 0.5) is 0 Å². The molecule has 23 heavy (non-hydrogen) atoms. The van der Waals surface area contributed by atoms with Crippen molar-refractivity contribution in [1.82, 2.24) is 24.3 Å². The first-order valence-corrected chi connectivity index (χ1v) is 9.12. The van der Waals surface area contributed by atoms with Crippen LogP contribution in [0.3, 0.4) is 0 Å². The van der Waals surface area contributed by atoms with Gasteiger partial charge in [0, 0.05) is 52.4 Å². The lowest BCUT2D eigenvalue weighted by Gasteiger charge is -2.33. The molecule has 0 aliphatic carbocycles. The van der Waals surface area contributed by atoms with Gasteiger partial charge in [-0.1, -0.05) is 0 Å². The fourth-order valence-corrected chi connectivity index (χ4v) is 3.15. The Balaban J connectivity index is 1.76. The van der Waals surface area contributed by atoms with Crippen molar-refractivity contribution < 1.29 is 13.2 Å². The fraction of sp³-hybridized carbons (Fsp3) is 0.615. The SMILES string of the molecule is Cn1nc(C(=O)NCCN2CCN(S(C)(=O)=O)CC2)ccc1=O. The smallest absolute Gasteiger partial charge is 0.271 e. The van der Waals surface area contributed by atoms with Crippen LogP contribution in [0.1, 0.15) is 10.5 Å². The molecule has 1 saturated heterocycles. The molecule has 0 spiro atoms. The zero-order valence-corrected chi connectivity index (χ0v) is 14.0. The van der Waals surface area contributed by atoms with E-state index in [1.807, 2.05) is 0 Å². The molecular weight excluding hydrogens is 322 g/mol. The minimum Gasteiger partial charge on any atom is -0.349 e. The standard InChI is InChI=1S/C13H21N5O4S/c1-16-12(19)4-3-11(15-16)13(20)14-5-6-17-7-9-18(10-8-17)23(2,21)22/h3-4H,5-10H2,1-2H3,(H,14,20). The third-order valence-electron chi connectivity index (χ3n) is 3.71. The third-order valence-corrected chi connectivity index (χ3v) is 5.01. The first-order valence-electron chi connectivity index (χ1n) is 7.27. The summed E-state index contributed by atoms with van der Waals surface area (Å²) in [5.74, 6) is -0.338. The minimum absolute atomic E-state index is 0.189. The quantitative estimate of drug-likeness (QED) is 0.669. The van der Waals surface area contributed by atoms with Gasteiger partial charge in [0.05, 0.1) is 6.26 Å². The van der Waals surface area contributed by atoms with Gasteiger partial charge in [-0.05, 0) is 6.07 Å². The third kappa shape index (κ3) is 4.85. The average Bonchev–Trinajstić information content (AvgIpc) is 2.49. The van der Waals surface area contributed by atoms with Crippen LogP contribution in [-0.4, -0.2) is 78.8 Å². The van der Waals surface area contributed by atoms with Crippen molar-refractivity contribution >= 4 is 15.9 Å². The number of aromatic nitrogens is 2.